The van der Waals surface area contributed by atoms with Crippen LogP contribution in [0.3, 0.4) is 0 Å². The van der Waals surface area contributed by atoms with Crippen LogP contribution >= 0.6 is 15.9 Å². The lowest BCUT2D eigenvalue weighted by Crippen LogP contribution is -2.51. The lowest BCUT2D eigenvalue weighted by atomic mass is 10.2. The van der Waals surface area contributed by atoms with Crippen LogP contribution in [0.5, 0.6) is 5.75 Å². The van der Waals surface area contributed by atoms with Crippen molar-refractivity contribution in [3.05, 3.63) is 64.4 Å². The van der Waals surface area contributed by atoms with Gasteiger partial charge in [0.05, 0.1) is 10.2 Å². The Morgan fingerprint density at radius 2 is 1.75 bits per heavy atom. The summed E-state index contributed by atoms with van der Waals surface area (Å²) in [5.74, 6) is -0.322. The number of hydrogen-bond donors (Lipinski definition) is 0. The molecule has 2 aromatic rings. The van der Waals surface area contributed by atoms with E-state index < -0.39 is 15.8 Å². The first-order valence-electron chi connectivity index (χ1n) is 8.72. The van der Waals surface area contributed by atoms with Gasteiger partial charge < -0.3 is 9.64 Å². The van der Waals surface area contributed by atoms with E-state index >= 15 is 0 Å². The number of rotatable bonds is 6. The van der Waals surface area contributed by atoms with Crippen LogP contribution in [0.1, 0.15) is 5.56 Å². The molecule has 9 heteroatoms. The second-order valence-electron chi connectivity index (χ2n) is 6.39. The van der Waals surface area contributed by atoms with Crippen LogP contribution < -0.4 is 4.74 Å². The highest BCUT2D eigenvalue weighted by molar-refractivity contribution is 9.10. The predicted octanol–water partition coefficient (Wildman–Crippen LogP) is 2.64. The summed E-state index contributed by atoms with van der Waals surface area (Å²) < 4.78 is 45.5. The van der Waals surface area contributed by atoms with Crippen LogP contribution in [0.4, 0.5) is 4.39 Å². The number of carbonyl (C=O) groups is 1. The summed E-state index contributed by atoms with van der Waals surface area (Å²) in [5.41, 5.74) is 0.735. The lowest BCUT2D eigenvalue weighted by molar-refractivity contribution is -0.134. The van der Waals surface area contributed by atoms with E-state index in [2.05, 4.69) is 15.9 Å². The lowest BCUT2D eigenvalue weighted by Gasteiger charge is -2.34. The molecule has 6 nitrogen and oxygen atoms in total. The molecule has 0 spiro atoms. The number of amides is 1. The van der Waals surface area contributed by atoms with Gasteiger partial charge >= 0.3 is 0 Å². The number of benzene rings is 2. The Kier molecular flexibility index (Phi) is 6.69. The molecule has 0 aromatic heterocycles. The minimum atomic E-state index is -3.43. The summed E-state index contributed by atoms with van der Waals surface area (Å²) in [4.78, 5) is 13.9. The van der Waals surface area contributed by atoms with Gasteiger partial charge in [0.15, 0.2) is 6.61 Å². The molecule has 0 saturated carbocycles. The Balaban J connectivity index is 1.51. The largest absolute Gasteiger partial charge is 0.483 e. The van der Waals surface area contributed by atoms with E-state index in [0.29, 0.717) is 23.3 Å². The molecule has 1 heterocycles. The van der Waals surface area contributed by atoms with Crippen LogP contribution in [-0.2, 0) is 20.6 Å². The van der Waals surface area contributed by atoms with E-state index in [1.54, 1.807) is 29.2 Å². The van der Waals surface area contributed by atoms with Crippen molar-refractivity contribution in [3.8, 4) is 5.75 Å². The summed E-state index contributed by atoms with van der Waals surface area (Å²) >= 11 is 3.19. The molecule has 0 radical (unpaired) electrons. The summed E-state index contributed by atoms with van der Waals surface area (Å²) in [5, 5.41) is 0. The average Bonchev–Trinajstić information content (AvgIpc) is 2.67. The number of hydrogen-bond acceptors (Lipinski definition) is 4. The third-order valence-electron chi connectivity index (χ3n) is 4.42. The third-order valence-corrected chi connectivity index (χ3v) is 6.89. The number of piperazine rings is 1. The number of sulfonamides is 1. The zero-order valence-corrected chi connectivity index (χ0v) is 17.5. The molecule has 28 heavy (non-hydrogen) atoms. The highest BCUT2D eigenvalue weighted by atomic mass is 79.9. The van der Waals surface area contributed by atoms with Crippen molar-refractivity contribution in [2.24, 2.45) is 0 Å². The summed E-state index contributed by atoms with van der Waals surface area (Å²) in [7, 11) is -3.43. The Hall–Kier alpha value is -1.97. The van der Waals surface area contributed by atoms with E-state index in [1.807, 2.05) is 6.07 Å². The van der Waals surface area contributed by atoms with Crippen LogP contribution in [0.25, 0.3) is 0 Å². The van der Waals surface area contributed by atoms with Crippen molar-refractivity contribution in [2.75, 3.05) is 32.8 Å². The fourth-order valence-corrected chi connectivity index (χ4v) is 4.90. The Labute approximate surface area is 172 Å². The standard InChI is InChI=1S/C19H20BrFN2O4S/c20-17-12-16(21)6-7-18(17)27-13-19(24)22-8-10-23(11-9-22)28(25,26)14-15-4-2-1-3-5-15/h1-7,12H,8-11,13-14H2. The molecule has 1 aliphatic heterocycles. The zero-order valence-electron chi connectivity index (χ0n) is 15.1. The molecule has 0 unspecified atom stereocenters. The quantitative estimate of drug-likeness (QED) is 0.650. The Morgan fingerprint density at radius 3 is 2.39 bits per heavy atom. The van der Waals surface area contributed by atoms with Crippen molar-refractivity contribution in [3.63, 3.8) is 0 Å². The highest BCUT2D eigenvalue weighted by Crippen LogP contribution is 2.25. The highest BCUT2D eigenvalue weighted by Gasteiger charge is 2.29. The second kappa shape index (κ2) is 9.02. The van der Waals surface area contributed by atoms with Gasteiger partial charge in [0.2, 0.25) is 10.0 Å². The van der Waals surface area contributed by atoms with Gasteiger partial charge in [-0.1, -0.05) is 30.3 Å². The molecule has 1 fully saturated rings. The SMILES string of the molecule is O=C(COc1ccc(F)cc1Br)N1CCN(S(=O)(=O)Cc2ccccc2)CC1. The van der Waals surface area contributed by atoms with Gasteiger partial charge in [-0.05, 0) is 39.7 Å². The van der Waals surface area contributed by atoms with Crippen molar-refractivity contribution >= 4 is 31.9 Å². The van der Waals surface area contributed by atoms with Crippen molar-refractivity contribution in [2.45, 2.75) is 5.75 Å². The average molecular weight is 471 g/mol. The Bertz CT molecular complexity index is 932. The first kappa shape index (κ1) is 20.8. The number of carbonyl (C=O) groups excluding carboxylic acids is 1. The molecule has 0 atom stereocenters. The summed E-state index contributed by atoms with van der Waals surface area (Å²) in [6.07, 6.45) is 0. The van der Waals surface area contributed by atoms with Gasteiger partial charge in [-0.15, -0.1) is 0 Å². The van der Waals surface area contributed by atoms with E-state index in [4.69, 9.17) is 4.74 Å². The molecular formula is C19H20BrFN2O4S. The van der Waals surface area contributed by atoms with Crippen LogP contribution in [0, 0.1) is 5.82 Å². The zero-order chi connectivity index (χ0) is 20.1. The molecule has 150 valence electrons. The van der Waals surface area contributed by atoms with Crippen LogP contribution in [0.2, 0.25) is 0 Å². The number of halogens is 2. The molecule has 0 aliphatic carbocycles. The molecule has 2 aromatic carbocycles. The number of ether oxygens (including phenoxy) is 1. The molecule has 1 saturated heterocycles. The predicted molar refractivity (Wildman–Crippen MR) is 107 cm³/mol. The first-order chi connectivity index (χ1) is 13.3. The normalized spacial score (nSPS) is 15.4. The molecule has 1 aliphatic rings. The maximum atomic E-state index is 13.1. The van der Waals surface area contributed by atoms with Gasteiger partial charge in [-0.3, -0.25) is 4.79 Å². The van der Waals surface area contributed by atoms with Crippen molar-refractivity contribution in [1.29, 1.82) is 0 Å². The molecule has 0 bridgehead atoms. The monoisotopic (exact) mass is 470 g/mol. The van der Waals surface area contributed by atoms with E-state index in [9.17, 15) is 17.6 Å². The molecule has 0 N–H and O–H groups in total. The van der Waals surface area contributed by atoms with Gasteiger partial charge in [0.25, 0.3) is 5.91 Å². The fraction of sp³-hybridized carbons (Fsp3) is 0.316. The van der Waals surface area contributed by atoms with Gasteiger partial charge in [0.1, 0.15) is 11.6 Å². The minimum Gasteiger partial charge on any atom is -0.483 e. The summed E-state index contributed by atoms with van der Waals surface area (Å²) in [6.45, 7) is 0.922. The maximum Gasteiger partial charge on any atom is 0.260 e. The van der Waals surface area contributed by atoms with Crippen LogP contribution in [-0.4, -0.2) is 56.3 Å². The smallest absolute Gasteiger partial charge is 0.260 e. The summed E-state index contributed by atoms with van der Waals surface area (Å²) in [6, 6.07) is 13.0. The van der Waals surface area contributed by atoms with E-state index in [-0.39, 0.29) is 31.4 Å². The second-order valence-corrected chi connectivity index (χ2v) is 9.21. The van der Waals surface area contributed by atoms with Gasteiger partial charge in [0, 0.05) is 26.2 Å². The Morgan fingerprint density at radius 1 is 1.07 bits per heavy atom. The maximum absolute atomic E-state index is 13.1. The van der Waals surface area contributed by atoms with Crippen LogP contribution in [0.15, 0.2) is 53.0 Å². The van der Waals surface area contributed by atoms with Crippen molar-refractivity contribution in [1.82, 2.24) is 9.21 Å². The minimum absolute atomic E-state index is 0.0521. The fourth-order valence-electron chi connectivity index (χ4n) is 2.91. The number of nitrogens with zero attached hydrogens (tertiary/aromatic N) is 2. The molecule has 1 amide bonds. The van der Waals surface area contributed by atoms with Gasteiger partial charge in [-0.2, -0.15) is 4.31 Å². The van der Waals surface area contributed by atoms with E-state index in [1.165, 1.54) is 22.5 Å². The topological polar surface area (TPSA) is 66.9 Å². The molecular weight excluding hydrogens is 451 g/mol. The van der Waals surface area contributed by atoms with Crippen molar-refractivity contribution < 1.29 is 22.3 Å². The molecule has 3 rings (SSSR count). The third kappa shape index (κ3) is 5.30. The van der Waals surface area contributed by atoms with Gasteiger partial charge in [-0.25, -0.2) is 12.8 Å². The first-order valence-corrected chi connectivity index (χ1v) is 11.1. The van der Waals surface area contributed by atoms with E-state index in [0.717, 1.165) is 5.56 Å².